The van der Waals surface area contributed by atoms with E-state index in [9.17, 15) is 5.21 Å². The van der Waals surface area contributed by atoms with Crippen LogP contribution >= 0.6 is 11.3 Å². The second-order valence-corrected chi connectivity index (χ2v) is 7.28. The lowest BCUT2D eigenvalue weighted by molar-refractivity contribution is 0.320. The predicted octanol–water partition coefficient (Wildman–Crippen LogP) is 4.91. The Balaban J connectivity index is 1.59. The lowest BCUT2D eigenvalue weighted by atomic mass is 10.1. The van der Waals surface area contributed by atoms with Crippen LogP contribution < -0.4 is 0 Å². The number of H-pyrrole nitrogens is 1. The van der Waals surface area contributed by atoms with Gasteiger partial charge in [-0.3, -0.25) is 4.98 Å². The maximum Gasteiger partial charge on any atom is 0.137 e. The van der Waals surface area contributed by atoms with Crippen molar-refractivity contribution in [3.05, 3.63) is 94.2 Å². The first kappa shape index (κ1) is 17.2. The lowest BCUT2D eigenvalue weighted by Gasteiger charge is -2.06. The van der Waals surface area contributed by atoms with E-state index in [-0.39, 0.29) is 5.92 Å². The SMILES string of the molecule is CC(c1cnc(-c2ccncc2)[nH]1)c1ccc(C(=NO)c2ccccc2)s1. The Morgan fingerprint density at radius 3 is 2.59 bits per heavy atom. The fourth-order valence-electron chi connectivity index (χ4n) is 2.92. The summed E-state index contributed by atoms with van der Waals surface area (Å²) in [6, 6.07) is 17.6. The van der Waals surface area contributed by atoms with Crippen LogP contribution in [0.2, 0.25) is 0 Å². The van der Waals surface area contributed by atoms with E-state index in [4.69, 9.17) is 0 Å². The van der Waals surface area contributed by atoms with E-state index in [1.54, 1.807) is 23.7 Å². The molecule has 2 N–H and O–H groups in total. The van der Waals surface area contributed by atoms with E-state index < -0.39 is 0 Å². The molecule has 134 valence electrons. The van der Waals surface area contributed by atoms with Gasteiger partial charge in [-0.1, -0.05) is 42.4 Å². The number of nitrogens with zero attached hydrogens (tertiary/aromatic N) is 3. The van der Waals surface area contributed by atoms with Crippen LogP contribution in [0.3, 0.4) is 0 Å². The Morgan fingerprint density at radius 2 is 1.85 bits per heavy atom. The van der Waals surface area contributed by atoms with Gasteiger partial charge in [0.25, 0.3) is 0 Å². The minimum atomic E-state index is 0.155. The van der Waals surface area contributed by atoms with Gasteiger partial charge in [0.2, 0.25) is 0 Å². The van der Waals surface area contributed by atoms with Crippen molar-refractivity contribution >= 4 is 17.0 Å². The van der Waals surface area contributed by atoms with Gasteiger partial charge < -0.3 is 10.2 Å². The Kier molecular flexibility index (Phi) is 4.80. The maximum atomic E-state index is 9.50. The zero-order valence-corrected chi connectivity index (χ0v) is 15.5. The summed E-state index contributed by atoms with van der Waals surface area (Å²) in [5.74, 6) is 0.987. The van der Waals surface area contributed by atoms with Crippen molar-refractivity contribution in [2.45, 2.75) is 12.8 Å². The van der Waals surface area contributed by atoms with Gasteiger partial charge in [0.05, 0.1) is 4.88 Å². The number of benzene rings is 1. The third-order valence-electron chi connectivity index (χ3n) is 4.45. The number of thiophene rings is 1. The van der Waals surface area contributed by atoms with Crippen LogP contribution in [0.5, 0.6) is 0 Å². The molecule has 4 aromatic rings. The van der Waals surface area contributed by atoms with E-state index in [1.807, 2.05) is 54.7 Å². The zero-order chi connectivity index (χ0) is 18.6. The summed E-state index contributed by atoms with van der Waals surface area (Å²) < 4.78 is 0. The topological polar surface area (TPSA) is 74.2 Å². The second kappa shape index (κ2) is 7.55. The molecule has 0 amide bonds. The molecule has 0 aliphatic heterocycles. The van der Waals surface area contributed by atoms with Gasteiger partial charge in [-0.2, -0.15) is 0 Å². The highest BCUT2D eigenvalue weighted by molar-refractivity contribution is 7.14. The first-order valence-electron chi connectivity index (χ1n) is 8.59. The van der Waals surface area contributed by atoms with Crippen molar-refractivity contribution in [3.63, 3.8) is 0 Å². The molecule has 1 atom stereocenters. The highest BCUT2D eigenvalue weighted by Crippen LogP contribution is 2.31. The third kappa shape index (κ3) is 3.52. The van der Waals surface area contributed by atoms with Gasteiger partial charge in [-0.25, -0.2) is 4.98 Å². The van der Waals surface area contributed by atoms with E-state index in [1.165, 1.54) is 4.88 Å². The number of nitrogens with one attached hydrogen (secondary N) is 1. The van der Waals surface area contributed by atoms with E-state index in [0.29, 0.717) is 5.71 Å². The minimum Gasteiger partial charge on any atom is -0.410 e. The van der Waals surface area contributed by atoms with Crippen LogP contribution in [0.4, 0.5) is 0 Å². The molecule has 0 fully saturated rings. The van der Waals surface area contributed by atoms with Crippen LogP contribution in [-0.4, -0.2) is 25.9 Å². The van der Waals surface area contributed by atoms with Crippen molar-refractivity contribution < 1.29 is 5.21 Å². The summed E-state index contributed by atoms with van der Waals surface area (Å²) in [6.45, 7) is 2.14. The molecule has 0 spiro atoms. The summed E-state index contributed by atoms with van der Waals surface area (Å²) in [4.78, 5) is 14.0. The normalized spacial score (nSPS) is 12.9. The van der Waals surface area contributed by atoms with Crippen molar-refractivity contribution in [2.24, 2.45) is 5.16 Å². The van der Waals surface area contributed by atoms with Crippen LogP contribution in [0.25, 0.3) is 11.4 Å². The van der Waals surface area contributed by atoms with Gasteiger partial charge >= 0.3 is 0 Å². The monoisotopic (exact) mass is 374 g/mol. The predicted molar refractivity (Wildman–Crippen MR) is 108 cm³/mol. The Morgan fingerprint density at radius 1 is 1.07 bits per heavy atom. The number of hydrogen-bond acceptors (Lipinski definition) is 5. The summed E-state index contributed by atoms with van der Waals surface area (Å²) in [5.41, 5.74) is 3.52. The summed E-state index contributed by atoms with van der Waals surface area (Å²) in [6.07, 6.45) is 5.38. The molecule has 27 heavy (non-hydrogen) atoms. The van der Waals surface area contributed by atoms with Gasteiger partial charge in [0.15, 0.2) is 0 Å². The van der Waals surface area contributed by atoms with Crippen molar-refractivity contribution in [1.29, 1.82) is 0 Å². The molecule has 0 aliphatic rings. The summed E-state index contributed by atoms with van der Waals surface area (Å²) in [5, 5.41) is 13.0. The average molecular weight is 374 g/mol. The minimum absolute atomic E-state index is 0.155. The van der Waals surface area contributed by atoms with Gasteiger partial charge in [-0.05, 0) is 24.3 Å². The highest BCUT2D eigenvalue weighted by atomic mass is 32.1. The quantitative estimate of drug-likeness (QED) is 0.296. The number of hydrogen-bond donors (Lipinski definition) is 2. The fraction of sp³-hybridized carbons (Fsp3) is 0.0952. The van der Waals surface area contributed by atoms with E-state index in [2.05, 4.69) is 33.1 Å². The summed E-state index contributed by atoms with van der Waals surface area (Å²) in [7, 11) is 0. The van der Waals surface area contributed by atoms with E-state index in [0.717, 1.165) is 27.5 Å². The number of aromatic amines is 1. The van der Waals surface area contributed by atoms with Crippen LogP contribution in [0, 0.1) is 0 Å². The average Bonchev–Trinajstić information content (AvgIpc) is 3.40. The fourth-order valence-corrected chi connectivity index (χ4v) is 4.01. The molecule has 0 radical (unpaired) electrons. The molecule has 1 aromatic carbocycles. The lowest BCUT2D eigenvalue weighted by Crippen LogP contribution is -2.00. The van der Waals surface area contributed by atoms with Gasteiger partial charge in [0, 0.05) is 46.2 Å². The smallest absolute Gasteiger partial charge is 0.137 e. The van der Waals surface area contributed by atoms with Crippen LogP contribution in [0.15, 0.2) is 78.3 Å². The highest BCUT2D eigenvalue weighted by Gasteiger charge is 2.17. The molecule has 0 aliphatic carbocycles. The van der Waals surface area contributed by atoms with Crippen molar-refractivity contribution in [1.82, 2.24) is 15.0 Å². The Hall–Kier alpha value is -3.25. The van der Waals surface area contributed by atoms with Crippen molar-refractivity contribution in [2.75, 3.05) is 0 Å². The molecule has 6 heteroatoms. The molecule has 5 nitrogen and oxygen atoms in total. The maximum absolute atomic E-state index is 9.50. The Bertz CT molecular complexity index is 1050. The number of aromatic nitrogens is 3. The standard InChI is InChI=1S/C21H18N4OS/c1-14(17-13-23-21(24-17)16-9-11-22-12-10-16)18-7-8-19(27-18)20(25-26)15-5-3-2-4-6-15/h2-14,26H,1H3,(H,23,24). The van der Waals surface area contributed by atoms with Gasteiger partial charge in [0.1, 0.15) is 11.5 Å². The molecule has 3 heterocycles. The van der Waals surface area contributed by atoms with Crippen molar-refractivity contribution in [3.8, 4) is 11.4 Å². The van der Waals surface area contributed by atoms with Crippen LogP contribution in [-0.2, 0) is 0 Å². The second-order valence-electron chi connectivity index (χ2n) is 6.16. The van der Waals surface area contributed by atoms with E-state index >= 15 is 0 Å². The first-order chi connectivity index (χ1) is 13.3. The zero-order valence-electron chi connectivity index (χ0n) is 14.7. The van der Waals surface area contributed by atoms with Crippen LogP contribution in [0.1, 0.15) is 33.9 Å². The number of oxime groups is 1. The number of rotatable bonds is 5. The molecule has 4 rings (SSSR count). The molecule has 1 unspecified atom stereocenters. The first-order valence-corrected chi connectivity index (χ1v) is 9.41. The molecule has 0 bridgehead atoms. The molecular weight excluding hydrogens is 356 g/mol. The van der Waals surface area contributed by atoms with Gasteiger partial charge in [-0.15, -0.1) is 11.3 Å². The summed E-state index contributed by atoms with van der Waals surface area (Å²) >= 11 is 1.62. The largest absolute Gasteiger partial charge is 0.410 e. The molecule has 0 saturated heterocycles. The number of pyridine rings is 1. The third-order valence-corrected chi connectivity index (χ3v) is 5.72. The number of imidazole rings is 1. The molecule has 0 saturated carbocycles. The molecule has 3 aromatic heterocycles. The Labute approximate surface area is 161 Å². The molecular formula is C21H18N4OS.